The SMILES string of the molecule is c1ccc(-n2c(-c3ccc4c(c3)C3(c5ccccc5C5(c6ccccc6-c6ccccc65)c5ccccc53)c3c-4ccc4c3oc3ccccc34)nc3ccccc32)cc1. The Morgan fingerprint density at radius 3 is 1.67 bits per heavy atom. The van der Waals surface area contributed by atoms with Crippen molar-refractivity contribution in [3.05, 3.63) is 251 Å². The monoisotopic (exact) mass is 762 g/mol. The lowest BCUT2D eigenvalue weighted by molar-refractivity contribution is 0.615. The molecule has 278 valence electrons. The number of benzene rings is 9. The minimum absolute atomic E-state index is 0.533. The van der Waals surface area contributed by atoms with Gasteiger partial charge in [0.05, 0.1) is 21.9 Å². The van der Waals surface area contributed by atoms with Crippen LogP contribution < -0.4 is 0 Å². The number of rotatable bonds is 2. The van der Waals surface area contributed by atoms with E-state index in [4.69, 9.17) is 9.40 Å². The molecule has 2 spiro atoms. The lowest BCUT2D eigenvalue weighted by Crippen LogP contribution is -2.43. The van der Waals surface area contributed by atoms with E-state index in [2.05, 4.69) is 211 Å². The van der Waals surface area contributed by atoms with E-state index in [0.29, 0.717) is 0 Å². The van der Waals surface area contributed by atoms with Gasteiger partial charge in [0.2, 0.25) is 0 Å². The maximum absolute atomic E-state index is 7.13. The second kappa shape index (κ2) is 11.5. The number of aromatic nitrogens is 2. The van der Waals surface area contributed by atoms with Crippen molar-refractivity contribution >= 4 is 33.0 Å². The van der Waals surface area contributed by atoms with Crippen LogP contribution in [-0.2, 0) is 10.8 Å². The molecule has 14 rings (SSSR count). The molecule has 3 aliphatic carbocycles. The van der Waals surface area contributed by atoms with Crippen molar-refractivity contribution in [3.8, 4) is 39.3 Å². The first-order valence-electron chi connectivity index (χ1n) is 20.8. The van der Waals surface area contributed by atoms with Crippen molar-refractivity contribution in [2.24, 2.45) is 0 Å². The van der Waals surface area contributed by atoms with Gasteiger partial charge >= 0.3 is 0 Å². The zero-order chi connectivity index (χ0) is 39.2. The summed E-state index contributed by atoms with van der Waals surface area (Å²) in [6.07, 6.45) is 0. The quantitative estimate of drug-likeness (QED) is 0.176. The van der Waals surface area contributed by atoms with E-state index in [1.165, 1.54) is 66.8 Å². The molecule has 3 nitrogen and oxygen atoms in total. The number of para-hydroxylation sites is 4. The second-order valence-electron chi connectivity index (χ2n) is 16.5. The molecule has 0 saturated carbocycles. The van der Waals surface area contributed by atoms with Crippen LogP contribution in [0.4, 0.5) is 0 Å². The molecular weight excluding hydrogens is 729 g/mol. The second-order valence-corrected chi connectivity index (χ2v) is 16.5. The molecule has 0 saturated heterocycles. The van der Waals surface area contributed by atoms with Crippen molar-refractivity contribution in [1.29, 1.82) is 0 Å². The smallest absolute Gasteiger partial charge is 0.145 e. The third-order valence-electron chi connectivity index (χ3n) is 13.9. The van der Waals surface area contributed by atoms with Crippen LogP contribution in [-0.4, -0.2) is 9.55 Å². The van der Waals surface area contributed by atoms with Gasteiger partial charge in [-0.3, -0.25) is 4.57 Å². The van der Waals surface area contributed by atoms with Crippen molar-refractivity contribution in [3.63, 3.8) is 0 Å². The number of hydrogen-bond acceptors (Lipinski definition) is 2. The van der Waals surface area contributed by atoms with Crippen LogP contribution in [0.25, 0.3) is 72.3 Å². The molecule has 0 N–H and O–H groups in total. The van der Waals surface area contributed by atoms with Crippen molar-refractivity contribution in [2.45, 2.75) is 10.8 Å². The highest BCUT2D eigenvalue weighted by molar-refractivity contribution is 6.10. The van der Waals surface area contributed by atoms with Crippen LogP contribution in [0.2, 0.25) is 0 Å². The Hall–Kier alpha value is -7.75. The van der Waals surface area contributed by atoms with Gasteiger partial charge in [-0.25, -0.2) is 4.98 Å². The molecular formula is C57H34N2O. The van der Waals surface area contributed by atoms with E-state index >= 15 is 0 Å². The highest BCUT2D eigenvalue weighted by Gasteiger charge is 2.59. The molecule has 2 aromatic heterocycles. The zero-order valence-electron chi connectivity index (χ0n) is 32.4. The van der Waals surface area contributed by atoms with Crippen molar-refractivity contribution < 1.29 is 4.42 Å². The van der Waals surface area contributed by atoms with Gasteiger partial charge in [-0.1, -0.05) is 164 Å². The Balaban J connectivity index is 1.16. The molecule has 11 aromatic rings. The summed E-state index contributed by atoms with van der Waals surface area (Å²) in [4.78, 5) is 5.39. The van der Waals surface area contributed by atoms with Gasteiger partial charge in [0, 0.05) is 27.6 Å². The zero-order valence-corrected chi connectivity index (χ0v) is 32.4. The van der Waals surface area contributed by atoms with E-state index < -0.39 is 10.8 Å². The Labute approximate surface area is 346 Å². The van der Waals surface area contributed by atoms with Crippen molar-refractivity contribution in [2.75, 3.05) is 0 Å². The number of hydrogen-bond donors (Lipinski definition) is 0. The summed E-state index contributed by atoms with van der Waals surface area (Å²) in [5.41, 5.74) is 20.0. The largest absolute Gasteiger partial charge is 0.456 e. The van der Waals surface area contributed by atoms with E-state index in [1.54, 1.807) is 0 Å². The normalized spacial score (nSPS) is 14.6. The first kappa shape index (κ1) is 32.2. The molecule has 0 atom stereocenters. The topological polar surface area (TPSA) is 31.0 Å². The van der Waals surface area contributed by atoms with E-state index in [0.717, 1.165) is 50.0 Å². The molecule has 0 bridgehead atoms. The lowest BCUT2D eigenvalue weighted by atomic mass is 9.52. The maximum atomic E-state index is 7.13. The molecule has 0 amide bonds. The average molecular weight is 763 g/mol. The molecule has 3 heteroatoms. The number of furan rings is 1. The van der Waals surface area contributed by atoms with Crippen LogP contribution in [0.15, 0.2) is 211 Å². The van der Waals surface area contributed by atoms with E-state index in [1.807, 2.05) is 0 Å². The number of fused-ring (bicyclic) bond motifs is 21. The predicted octanol–water partition coefficient (Wildman–Crippen LogP) is 13.6. The fourth-order valence-electron chi connectivity index (χ4n) is 11.7. The summed E-state index contributed by atoms with van der Waals surface area (Å²) in [6.45, 7) is 0. The van der Waals surface area contributed by atoms with Crippen LogP contribution in [0, 0.1) is 0 Å². The van der Waals surface area contributed by atoms with Gasteiger partial charge in [-0.2, -0.15) is 0 Å². The summed E-state index contributed by atoms with van der Waals surface area (Å²) >= 11 is 0. The summed E-state index contributed by atoms with van der Waals surface area (Å²) in [5, 5.41) is 2.26. The molecule has 60 heavy (non-hydrogen) atoms. The molecule has 2 heterocycles. The van der Waals surface area contributed by atoms with Gasteiger partial charge in [0.15, 0.2) is 0 Å². The molecule has 0 radical (unpaired) electrons. The summed E-state index contributed by atoms with van der Waals surface area (Å²) in [6, 6.07) is 76.0. The third kappa shape index (κ3) is 3.75. The Kier molecular flexibility index (Phi) is 6.16. The summed E-state index contributed by atoms with van der Waals surface area (Å²) in [5.74, 6) is 0.915. The van der Waals surface area contributed by atoms with Crippen LogP contribution in [0.1, 0.15) is 44.5 Å². The lowest BCUT2D eigenvalue weighted by Gasteiger charge is -2.48. The summed E-state index contributed by atoms with van der Waals surface area (Å²) < 4.78 is 9.44. The minimum Gasteiger partial charge on any atom is -0.456 e. The minimum atomic E-state index is -0.734. The highest BCUT2D eigenvalue weighted by Crippen LogP contribution is 2.68. The van der Waals surface area contributed by atoms with Gasteiger partial charge in [0.25, 0.3) is 0 Å². The average Bonchev–Trinajstić information content (AvgIpc) is 4.05. The van der Waals surface area contributed by atoms with Gasteiger partial charge in [-0.05, 0) is 104 Å². The molecule has 3 aliphatic rings. The fourth-order valence-corrected chi connectivity index (χ4v) is 11.7. The number of nitrogens with zero attached hydrogens (tertiary/aromatic N) is 2. The van der Waals surface area contributed by atoms with Gasteiger partial charge < -0.3 is 4.42 Å². The Bertz CT molecular complexity index is 3530. The Morgan fingerprint density at radius 2 is 0.950 bits per heavy atom. The van der Waals surface area contributed by atoms with Crippen LogP contribution in [0.5, 0.6) is 0 Å². The summed E-state index contributed by atoms with van der Waals surface area (Å²) in [7, 11) is 0. The van der Waals surface area contributed by atoms with Gasteiger partial charge in [-0.15, -0.1) is 0 Å². The fraction of sp³-hybridized carbons (Fsp3) is 0.0351. The number of imidazole rings is 1. The van der Waals surface area contributed by atoms with Crippen molar-refractivity contribution in [1.82, 2.24) is 9.55 Å². The van der Waals surface area contributed by atoms with E-state index in [9.17, 15) is 0 Å². The molecule has 9 aromatic carbocycles. The highest BCUT2D eigenvalue weighted by atomic mass is 16.3. The van der Waals surface area contributed by atoms with Gasteiger partial charge in [0.1, 0.15) is 17.0 Å². The first-order chi connectivity index (χ1) is 29.8. The van der Waals surface area contributed by atoms with E-state index in [-0.39, 0.29) is 0 Å². The molecule has 0 unspecified atom stereocenters. The molecule has 0 fully saturated rings. The molecule has 0 aliphatic heterocycles. The predicted molar refractivity (Wildman–Crippen MR) is 242 cm³/mol. The van der Waals surface area contributed by atoms with Crippen LogP contribution in [0.3, 0.4) is 0 Å². The first-order valence-corrected chi connectivity index (χ1v) is 20.8. The standard InChI is InChI=1S/C57H34N2O/c1-2-16-36(17-3-1)59-51-28-14-13-27-50(51)58-55(59)35-30-31-39-41-32-33-42-40-20-6-15-29-52(40)60-54(42)53(41)57(49(39)34-35)47-25-11-9-23-45(47)56(46-24-10-12-26-48(46)57)43-21-7-4-18-37(43)38-19-5-8-22-44(38)56/h1-34H. The maximum Gasteiger partial charge on any atom is 0.145 e. The third-order valence-corrected chi connectivity index (χ3v) is 13.9. The van der Waals surface area contributed by atoms with Crippen LogP contribution >= 0.6 is 0 Å². The Morgan fingerprint density at radius 1 is 0.400 bits per heavy atom.